The lowest BCUT2D eigenvalue weighted by molar-refractivity contribution is 0.102. The number of phenols is 1. The van der Waals surface area contributed by atoms with E-state index in [-0.39, 0.29) is 17.4 Å². The van der Waals surface area contributed by atoms with Crippen LogP contribution in [0.4, 0.5) is 5.69 Å². The molecule has 0 radical (unpaired) electrons. The van der Waals surface area contributed by atoms with Crippen molar-refractivity contribution in [1.82, 2.24) is 0 Å². The highest BCUT2D eigenvalue weighted by Gasteiger charge is 2.13. The third kappa shape index (κ3) is 5.12. The number of carbonyl (C=O) groups is 1. The minimum absolute atomic E-state index is 0.0312. The molecule has 0 saturated carbocycles. The van der Waals surface area contributed by atoms with Crippen LogP contribution in [0.5, 0.6) is 17.2 Å². The Balaban J connectivity index is 2.06. The molecule has 1 amide bonds. The highest BCUT2D eigenvalue weighted by molar-refractivity contribution is 6.05. The van der Waals surface area contributed by atoms with Gasteiger partial charge in [-0.05, 0) is 43.7 Å². The Morgan fingerprint density at radius 1 is 1.20 bits per heavy atom. The van der Waals surface area contributed by atoms with Crippen LogP contribution < -0.4 is 14.8 Å². The molecule has 0 heterocycles. The van der Waals surface area contributed by atoms with Gasteiger partial charge >= 0.3 is 0 Å². The molecule has 6 heteroatoms. The maximum Gasteiger partial charge on any atom is 0.255 e. The number of carbonyl (C=O) groups excluding carboxylic acids is 1. The summed E-state index contributed by atoms with van der Waals surface area (Å²) < 4.78 is 15.9. The normalized spacial score (nSPS) is 10.4. The number of anilines is 1. The molecule has 134 valence electrons. The summed E-state index contributed by atoms with van der Waals surface area (Å²) in [5.74, 6) is 0.645. The summed E-state index contributed by atoms with van der Waals surface area (Å²) in [6.45, 7) is 5.24. The van der Waals surface area contributed by atoms with E-state index in [2.05, 4.69) is 5.32 Å². The third-order valence-electron chi connectivity index (χ3n) is 3.54. The van der Waals surface area contributed by atoms with Crippen molar-refractivity contribution < 1.29 is 24.1 Å². The van der Waals surface area contributed by atoms with E-state index < -0.39 is 0 Å². The number of aromatic hydroxyl groups is 1. The molecule has 0 spiro atoms. The van der Waals surface area contributed by atoms with E-state index in [0.717, 1.165) is 0 Å². The van der Waals surface area contributed by atoms with Gasteiger partial charge in [-0.25, -0.2) is 0 Å². The predicted molar refractivity (Wildman–Crippen MR) is 95.8 cm³/mol. The summed E-state index contributed by atoms with van der Waals surface area (Å²) >= 11 is 0. The molecule has 0 unspecified atom stereocenters. The first kappa shape index (κ1) is 18.6. The molecule has 0 aliphatic heterocycles. The van der Waals surface area contributed by atoms with Gasteiger partial charge in [-0.2, -0.15) is 0 Å². The number of amides is 1. The van der Waals surface area contributed by atoms with Crippen LogP contribution in [0.2, 0.25) is 0 Å². The molecule has 0 fully saturated rings. The van der Waals surface area contributed by atoms with E-state index in [1.54, 1.807) is 31.2 Å². The number of aryl methyl sites for hydroxylation is 1. The molecule has 0 aliphatic rings. The molecule has 0 atom stereocenters. The van der Waals surface area contributed by atoms with Crippen molar-refractivity contribution in [2.24, 2.45) is 0 Å². The summed E-state index contributed by atoms with van der Waals surface area (Å²) in [5.41, 5.74) is 1.58. The molecule has 0 bridgehead atoms. The van der Waals surface area contributed by atoms with Crippen molar-refractivity contribution in [3.05, 3.63) is 47.5 Å². The average Bonchev–Trinajstić information content (AvgIpc) is 2.61. The fourth-order valence-corrected chi connectivity index (χ4v) is 2.26. The van der Waals surface area contributed by atoms with E-state index in [1.807, 2.05) is 13.0 Å². The van der Waals surface area contributed by atoms with E-state index in [9.17, 15) is 9.90 Å². The molecule has 2 aromatic carbocycles. The number of nitrogens with one attached hydrogen (secondary N) is 1. The van der Waals surface area contributed by atoms with Crippen molar-refractivity contribution in [2.75, 3.05) is 32.2 Å². The van der Waals surface area contributed by atoms with Crippen LogP contribution in [-0.4, -0.2) is 37.9 Å². The minimum atomic E-state index is -0.298. The monoisotopic (exact) mass is 345 g/mol. The molecule has 2 N–H and O–H groups in total. The molecule has 25 heavy (non-hydrogen) atoms. The number of benzene rings is 2. The predicted octanol–water partition coefficient (Wildman–Crippen LogP) is 3.38. The summed E-state index contributed by atoms with van der Waals surface area (Å²) in [5, 5.41) is 12.7. The van der Waals surface area contributed by atoms with Gasteiger partial charge in [0, 0.05) is 23.9 Å². The standard InChI is InChI=1S/C19H23NO5/c1-4-24-8-9-25-16-7-5-6-15(12-16)20-19(22)14-10-13(2)18(21)17(11-14)23-3/h5-7,10-12,21H,4,8-9H2,1-3H3,(H,20,22). The van der Waals surface area contributed by atoms with Crippen molar-refractivity contribution in [3.8, 4) is 17.2 Å². The SMILES string of the molecule is CCOCCOc1cccc(NC(=O)c2cc(C)c(O)c(OC)c2)c1. The van der Waals surface area contributed by atoms with Gasteiger partial charge in [-0.3, -0.25) is 4.79 Å². The zero-order chi connectivity index (χ0) is 18.2. The van der Waals surface area contributed by atoms with E-state index >= 15 is 0 Å². The second-order valence-corrected chi connectivity index (χ2v) is 5.37. The van der Waals surface area contributed by atoms with Crippen molar-refractivity contribution in [2.45, 2.75) is 13.8 Å². The minimum Gasteiger partial charge on any atom is -0.504 e. The second kappa shape index (κ2) is 8.94. The fraction of sp³-hybridized carbons (Fsp3) is 0.316. The lowest BCUT2D eigenvalue weighted by atomic mass is 10.1. The summed E-state index contributed by atoms with van der Waals surface area (Å²) in [6.07, 6.45) is 0. The van der Waals surface area contributed by atoms with Gasteiger partial charge < -0.3 is 24.6 Å². The van der Waals surface area contributed by atoms with Gasteiger partial charge in [0.2, 0.25) is 0 Å². The summed E-state index contributed by atoms with van der Waals surface area (Å²) in [7, 11) is 1.44. The Hall–Kier alpha value is -2.73. The Labute approximate surface area is 147 Å². The summed E-state index contributed by atoms with van der Waals surface area (Å²) in [4.78, 5) is 12.4. The average molecular weight is 345 g/mol. The van der Waals surface area contributed by atoms with Crippen LogP contribution in [-0.2, 0) is 4.74 Å². The van der Waals surface area contributed by atoms with Crippen LogP contribution in [0.15, 0.2) is 36.4 Å². The summed E-state index contributed by atoms with van der Waals surface area (Å²) in [6, 6.07) is 10.2. The second-order valence-electron chi connectivity index (χ2n) is 5.37. The van der Waals surface area contributed by atoms with Crippen LogP contribution in [0.1, 0.15) is 22.8 Å². The van der Waals surface area contributed by atoms with E-state index in [0.29, 0.717) is 42.4 Å². The lowest BCUT2D eigenvalue weighted by Gasteiger charge is -2.11. The van der Waals surface area contributed by atoms with Gasteiger partial charge in [-0.15, -0.1) is 0 Å². The topological polar surface area (TPSA) is 77.0 Å². The first-order chi connectivity index (χ1) is 12.0. The van der Waals surface area contributed by atoms with Crippen molar-refractivity contribution >= 4 is 11.6 Å². The lowest BCUT2D eigenvalue weighted by Crippen LogP contribution is -2.12. The largest absolute Gasteiger partial charge is 0.504 e. The molecule has 2 aromatic rings. The molecule has 0 aliphatic carbocycles. The molecule has 0 aromatic heterocycles. The zero-order valence-corrected chi connectivity index (χ0v) is 14.7. The van der Waals surface area contributed by atoms with Gasteiger partial charge in [0.1, 0.15) is 12.4 Å². The van der Waals surface area contributed by atoms with Gasteiger partial charge in [-0.1, -0.05) is 6.07 Å². The van der Waals surface area contributed by atoms with Gasteiger partial charge in [0.15, 0.2) is 11.5 Å². The fourth-order valence-electron chi connectivity index (χ4n) is 2.26. The van der Waals surface area contributed by atoms with Gasteiger partial charge in [0.05, 0.1) is 13.7 Å². The number of hydrogen-bond donors (Lipinski definition) is 2. The molecule has 2 rings (SSSR count). The molecular weight excluding hydrogens is 322 g/mol. The Morgan fingerprint density at radius 3 is 2.72 bits per heavy atom. The molecular formula is C19H23NO5. The van der Waals surface area contributed by atoms with E-state index in [1.165, 1.54) is 13.2 Å². The maximum atomic E-state index is 12.4. The third-order valence-corrected chi connectivity index (χ3v) is 3.54. The maximum absolute atomic E-state index is 12.4. The number of hydrogen-bond acceptors (Lipinski definition) is 5. The van der Waals surface area contributed by atoms with Crippen molar-refractivity contribution in [1.29, 1.82) is 0 Å². The molecule has 0 saturated heterocycles. The Morgan fingerprint density at radius 2 is 2.00 bits per heavy atom. The first-order valence-electron chi connectivity index (χ1n) is 8.04. The van der Waals surface area contributed by atoms with Crippen molar-refractivity contribution in [3.63, 3.8) is 0 Å². The number of methoxy groups -OCH3 is 1. The van der Waals surface area contributed by atoms with Crippen LogP contribution in [0.25, 0.3) is 0 Å². The number of phenolic OH excluding ortho intramolecular Hbond substituents is 1. The van der Waals surface area contributed by atoms with Crippen LogP contribution in [0, 0.1) is 6.92 Å². The van der Waals surface area contributed by atoms with E-state index in [4.69, 9.17) is 14.2 Å². The Kier molecular flexibility index (Phi) is 6.65. The highest BCUT2D eigenvalue weighted by atomic mass is 16.5. The number of rotatable bonds is 8. The Bertz CT molecular complexity index is 730. The highest BCUT2D eigenvalue weighted by Crippen LogP contribution is 2.31. The van der Waals surface area contributed by atoms with Crippen LogP contribution in [0.3, 0.4) is 0 Å². The first-order valence-corrected chi connectivity index (χ1v) is 8.04. The smallest absolute Gasteiger partial charge is 0.255 e. The molecule has 6 nitrogen and oxygen atoms in total. The quantitative estimate of drug-likeness (QED) is 0.717. The van der Waals surface area contributed by atoms with Gasteiger partial charge in [0.25, 0.3) is 5.91 Å². The number of ether oxygens (including phenoxy) is 3. The zero-order valence-electron chi connectivity index (χ0n) is 14.7. The van der Waals surface area contributed by atoms with Crippen LogP contribution >= 0.6 is 0 Å².